The van der Waals surface area contributed by atoms with Crippen LogP contribution < -0.4 is 5.73 Å². The second kappa shape index (κ2) is 9.97. The Morgan fingerprint density at radius 1 is 1.41 bits per heavy atom. The smallest absolute Gasteiger partial charge is 0.319 e. The van der Waals surface area contributed by atoms with Crippen molar-refractivity contribution in [2.75, 3.05) is 13.6 Å². The van der Waals surface area contributed by atoms with Gasteiger partial charge in [0, 0.05) is 26.0 Å². The third-order valence-corrected chi connectivity index (χ3v) is 3.88. The Labute approximate surface area is 142 Å². The maximum Gasteiger partial charge on any atom is 0.319 e. The zero-order valence-electron chi connectivity index (χ0n) is 13.0. The predicted molar refractivity (Wildman–Crippen MR) is 86.5 cm³/mol. The van der Waals surface area contributed by atoms with Gasteiger partial charge in [0.15, 0.2) is 0 Å². The summed E-state index contributed by atoms with van der Waals surface area (Å²) >= 11 is 0. The van der Waals surface area contributed by atoms with E-state index in [0.717, 1.165) is 4.57 Å². The van der Waals surface area contributed by atoms with Crippen molar-refractivity contribution in [2.24, 2.45) is 11.1 Å². The quantitative estimate of drug-likeness (QED) is 0.812. The molecule has 2 N–H and O–H groups in total. The Morgan fingerprint density at radius 2 is 1.95 bits per heavy atom. The zero-order valence-corrected chi connectivity index (χ0v) is 14.6. The van der Waals surface area contributed by atoms with E-state index in [1.54, 1.807) is 7.05 Å². The molecule has 1 heterocycles. The van der Waals surface area contributed by atoms with E-state index in [2.05, 4.69) is 4.98 Å². The molecule has 0 aliphatic heterocycles. The van der Waals surface area contributed by atoms with Gasteiger partial charge >= 0.3 is 6.55 Å². The van der Waals surface area contributed by atoms with Crippen LogP contribution in [-0.2, 0) is 11.3 Å². The van der Waals surface area contributed by atoms with Crippen LogP contribution in [0.4, 0.5) is 8.78 Å². The molecule has 22 heavy (non-hydrogen) atoms. The van der Waals surface area contributed by atoms with Gasteiger partial charge in [0.1, 0.15) is 5.82 Å². The van der Waals surface area contributed by atoms with E-state index in [9.17, 15) is 13.6 Å². The van der Waals surface area contributed by atoms with Gasteiger partial charge in [-0.15, -0.1) is 24.8 Å². The predicted octanol–water partition coefficient (Wildman–Crippen LogP) is 2.85. The Kier molecular flexibility index (Phi) is 10.6. The van der Waals surface area contributed by atoms with Crippen molar-refractivity contribution in [1.82, 2.24) is 14.5 Å². The second-order valence-electron chi connectivity index (χ2n) is 4.88. The minimum Gasteiger partial charge on any atom is -0.338 e. The van der Waals surface area contributed by atoms with E-state index in [0.29, 0.717) is 12.8 Å². The van der Waals surface area contributed by atoms with E-state index in [4.69, 9.17) is 5.73 Å². The lowest BCUT2D eigenvalue weighted by Gasteiger charge is -2.33. The van der Waals surface area contributed by atoms with Crippen molar-refractivity contribution < 1.29 is 13.6 Å². The molecular formula is C13H24Cl2F2N4O. The monoisotopic (exact) mass is 360 g/mol. The molecule has 0 aromatic carbocycles. The molecule has 0 saturated carbocycles. The number of carbonyl (C=O) groups excluding carboxylic acids is 1. The molecule has 0 fully saturated rings. The topological polar surface area (TPSA) is 64.2 Å². The highest BCUT2D eigenvalue weighted by Gasteiger charge is 2.36. The Bertz CT molecular complexity index is 445. The van der Waals surface area contributed by atoms with E-state index in [-0.39, 0.29) is 49.6 Å². The summed E-state index contributed by atoms with van der Waals surface area (Å²) in [5.74, 6) is 0.0304. The first-order valence-electron chi connectivity index (χ1n) is 6.67. The number of hydrogen-bond acceptors (Lipinski definition) is 3. The van der Waals surface area contributed by atoms with Crippen LogP contribution in [-0.4, -0.2) is 34.0 Å². The Balaban J connectivity index is 0. The van der Waals surface area contributed by atoms with Crippen LogP contribution in [0, 0.1) is 5.41 Å². The molecule has 0 radical (unpaired) electrons. The first-order valence-corrected chi connectivity index (χ1v) is 6.67. The molecule has 5 nitrogen and oxygen atoms in total. The van der Waals surface area contributed by atoms with Gasteiger partial charge in [-0.25, -0.2) is 4.98 Å². The molecule has 9 heteroatoms. The third-order valence-electron chi connectivity index (χ3n) is 3.88. The van der Waals surface area contributed by atoms with Crippen molar-refractivity contribution in [3.05, 3.63) is 18.2 Å². The van der Waals surface area contributed by atoms with Crippen molar-refractivity contribution in [1.29, 1.82) is 0 Å². The van der Waals surface area contributed by atoms with E-state index < -0.39 is 12.0 Å². The first-order chi connectivity index (χ1) is 9.41. The van der Waals surface area contributed by atoms with Crippen LogP contribution in [0.5, 0.6) is 0 Å². The third kappa shape index (κ3) is 4.79. The zero-order chi connectivity index (χ0) is 15.3. The normalized spacial score (nSPS) is 10.9. The number of aromatic nitrogens is 2. The molecule has 1 rings (SSSR count). The number of nitrogens with two attached hydrogens (primary N) is 1. The van der Waals surface area contributed by atoms with Crippen LogP contribution in [0.25, 0.3) is 0 Å². The van der Waals surface area contributed by atoms with E-state index in [1.165, 1.54) is 17.3 Å². The van der Waals surface area contributed by atoms with E-state index >= 15 is 0 Å². The van der Waals surface area contributed by atoms with Gasteiger partial charge in [0.05, 0.1) is 12.0 Å². The number of imidazole rings is 1. The van der Waals surface area contributed by atoms with Crippen LogP contribution >= 0.6 is 24.8 Å². The van der Waals surface area contributed by atoms with Gasteiger partial charge in [0.25, 0.3) is 0 Å². The summed E-state index contributed by atoms with van der Waals surface area (Å²) in [6.07, 6.45) is 3.74. The summed E-state index contributed by atoms with van der Waals surface area (Å²) in [7, 11) is 1.59. The van der Waals surface area contributed by atoms with Crippen LogP contribution in [0.2, 0.25) is 0 Å². The molecule has 0 unspecified atom stereocenters. The summed E-state index contributed by atoms with van der Waals surface area (Å²) in [6, 6.07) is 0. The van der Waals surface area contributed by atoms with Crippen molar-refractivity contribution in [3.63, 3.8) is 0 Å². The molecule has 0 saturated heterocycles. The average Bonchev–Trinajstić information content (AvgIpc) is 2.89. The molecule has 1 aromatic heterocycles. The van der Waals surface area contributed by atoms with Crippen molar-refractivity contribution >= 4 is 30.7 Å². The highest BCUT2D eigenvalue weighted by molar-refractivity contribution is 5.85. The van der Waals surface area contributed by atoms with Crippen LogP contribution in [0.1, 0.15) is 39.1 Å². The number of rotatable bonds is 7. The average molecular weight is 361 g/mol. The van der Waals surface area contributed by atoms with Crippen molar-refractivity contribution in [2.45, 2.75) is 39.8 Å². The van der Waals surface area contributed by atoms with Gasteiger partial charge in [-0.05, 0) is 12.8 Å². The van der Waals surface area contributed by atoms with Crippen LogP contribution in [0.15, 0.2) is 12.4 Å². The number of nitrogens with zero attached hydrogens (tertiary/aromatic N) is 3. The lowest BCUT2D eigenvalue weighted by molar-refractivity contribution is -0.141. The lowest BCUT2D eigenvalue weighted by Crippen LogP contribution is -2.46. The first kappa shape index (κ1) is 23.3. The van der Waals surface area contributed by atoms with Crippen molar-refractivity contribution in [3.8, 4) is 0 Å². The highest BCUT2D eigenvalue weighted by atomic mass is 35.5. The molecule has 0 aliphatic carbocycles. The molecular weight excluding hydrogens is 337 g/mol. The maximum atomic E-state index is 12.7. The lowest BCUT2D eigenvalue weighted by atomic mass is 9.81. The number of hydrogen-bond donors (Lipinski definition) is 1. The van der Waals surface area contributed by atoms with Gasteiger partial charge in [0.2, 0.25) is 5.91 Å². The molecule has 0 atom stereocenters. The summed E-state index contributed by atoms with van der Waals surface area (Å²) in [5.41, 5.74) is 5.10. The SMILES string of the molecule is CCC(CC)(CN)C(=O)N(C)Cc1nccn1C(F)F.Cl.Cl. The van der Waals surface area contributed by atoms with Gasteiger partial charge in [-0.3, -0.25) is 9.36 Å². The number of amides is 1. The molecule has 1 aromatic rings. The summed E-state index contributed by atoms with van der Waals surface area (Å²) < 4.78 is 26.2. The second-order valence-corrected chi connectivity index (χ2v) is 4.88. The highest BCUT2D eigenvalue weighted by Crippen LogP contribution is 2.28. The van der Waals surface area contributed by atoms with Gasteiger partial charge in [-0.1, -0.05) is 13.8 Å². The summed E-state index contributed by atoms with van der Waals surface area (Å²) in [6.45, 7) is 1.43. The minimum absolute atomic E-state index is 0. The largest absolute Gasteiger partial charge is 0.338 e. The molecule has 1 amide bonds. The fourth-order valence-corrected chi connectivity index (χ4v) is 2.26. The molecule has 0 bridgehead atoms. The molecule has 0 spiro atoms. The minimum atomic E-state index is -2.66. The van der Waals surface area contributed by atoms with E-state index in [1.807, 2.05) is 13.8 Å². The number of carbonyl (C=O) groups is 1. The van der Waals surface area contributed by atoms with Gasteiger partial charge < -0.3 is 10.6 Å². The Hall–Kier alpha value is -0.920. The van der Waals surface area contributed by atoms with Gasteiger partial charge in [-0.2, -0.15) is 8.78 Å². The molecule has 0 aliphatic rings. The fourth-order valence-electron chi connectivity index (χ4n) is 2.26. The molecule has 130 valence electrons. The number of alkyl halides is 2. The summed E-state index contributed by atoms with van der Waals surface area (Å²) in [5, 5.41) is 0. The number of halogens is 4. The fraction of sp³-hybridized carbons (Fsp3) is 0.692. The standard InChI is InChI=1S/C13H22F2N4O.2ClH/c1-4-13(5-2,9-16)11(20)18(3)8-10-17-6-7-19(10)12(14)15;;/h6-7,12H,4-5,8-9,16H2,1-3H3;2*1H. The summed E-state index contributed by atoms with van der Waals surface area (Å²) in [4.78, 5) is 17.8. The maximum absolute atomic E-state index is 12.7. The Morgan fingerprint density at radius 3 is 2.36 bits per heavy atom. The van der Waals surface area contributed by atoms with Crippen LogP contribution in [0.3, 0.4) is 0 Å².